The second kappa shape index (κ2) is 3.82. The van der Waals surface area contributed by atoms with Gasteiger partial charge in [0.1, 0.15) is 11.8 Å². The van der Waals surface area contributed by atoms with Crippen LogP contribution in [-0.4, -0.2) is 17.7 Å². The molecule has 1 aromatic heterocycles. The van der Waals surface area contributed by atoms with Gasteiger partial charge in [-0.1, -0.05) is 5.16 Å². The van der Waals surface area contributed by atoms with E-state index in [1.165, 1.54) is 19.1 Å². The summed E-state index contributed by atoms with van der Waals surface area (Å²) in [6.07, 6.45) is 4.67. The number of rotatable bonds is 4. The Bertz CT molecular complexity index is 328. The molecule has 1 aliphatic carbocycles. The standard InChI is InChI=1S/C10H13NO3/c1-2-13-10(12)8-6-14-11-9(8)5-7-3-4-7/h6-7H,2-5H2,1H3. The van der Waals surface area contributed by atoms with E-state index in [-0.39, 0.29) is 5.97 Å². The molecule has 2 rings (SSSR count). The summed E-state index contributed by atoms with van der Waals surface area (Å²) in [5.74, 6) is 0.359. The third kappa shape index (κ3) is 1.95. The number of carbonyl (C=O) groups is 1. The van der Waals surface area contributed by atoms with Gasteiger partial charge in [-0.15, -0.1) is 0 Å². The lowest BCUT2D eigenvalue weighted by Gasteiger charge is -1.99. The fraction of sp³-hybridized carbons (Fsp3) is 0.600. The zero-order valence-electron chi connectivity index (χ0n) is 8.16. The van der Waals surface area contributed by atoms with Crippen molar-refractivity contribution in [2.45, 2.75) is 26.2 Å². The van der Waals surface area contributed by atoms with Crippen LogP contribution >= 0.6 is 0 Å². The van der Waals surface area contributed by atoms with Crippen LogP contribution < -0.4 is 0 Å². The van der Waals surface area contributed by atoms with E-state index in [9.17, 15) is 4.79 Å². The summed E-state index contributed by atoms with van der Waals surface area (Å²) < 4.78 is 9.68. The first kappa shape index (κ1) is 9.24. The second-order valence-electron chi connectivity index (χ2n) is 3.54. The Balaban J connectivity index is 2.07. The Labute approximate surface area is 82.2 Å². The lowest BCUT2D eigenvalue weighted by atomic mass is 10.1. The number of ether oxygens (including phenoxy) is 1. The summed E-state index contributed by atoms with van der Waals surface area (Å²) in [7, 11) is 0. The maximum Gasteiger partial charge on any atom is 0.343 e. The summed E-state index contributed by atoms with van der Waals surface area (Å²) >= 11 is 0. The third-order valence-electron chi connectivity index (χ3n) is 2.32. The van der Waals surface area contributed by atoms with E-state index in [0.717, 1.165) is 12.1 Å². The predicted octanol–water partition coefficient (Wildman–Crippen LogP) is 1.80. The second-order valence-corrected chi connectivity index (χ2v) is 3.54. The van der Waals surface area contributed by atoms with Crippen molar-refractivity contribution in [3.63, 3.8) is 0 Å². The van der Waals surface area contributed by atoms with Crippen LogP contribution in [0.4, 0.5) is 0 Å². The molecule has 0 N–H and O–H groups in total. The van der Waals surface area contributed by atoms with Crippen LogP contribution in [-0.2, 0) is 11.2 Å². The monoisotopic (exact) mass is 195 g/mol. The van der Waals surface area contributed by atoms with Gasteiger partial charge in [0.2, 0.25) is 0 Å². The maximum absolute atomic E-state index is 11.4. The van der Waals surface area contributed by atoms with Crippen LogP contribution in [0.1, 0.15) is 35.8 Å². The molecule has 0 saturated heterocycles. The molecule has 1 fully saturated rings. The Hall–Kier alpha value is -1.32. The van der Waals surface area contributed by atoms with Gasteiger partial charge < -0.3 is 9.26 Å². The van der Waals surface area contributed by atoms with Gasteiger partial charge in [0.25, 0.3) is 0 Å². The minimum atomic E-state index is -0.329. The molecule has 1 heterocycles. The molecule has 1 aliphatic rings. The van der Waals surface area contributed by atoms with E-state index in [4.69, 9.17) is 9.26 Å². The number of nitrogens with zero attached hydrogens (tertiary/aromatic N) is 1. The Kier molecular flexibility index (Phi) is 2.52. The summed E-state index contributed by atoms with van der Waals surface area (Å²) in [6.45, 7) is 2.17. The maximum atomic E-state index is 11.4. The minimum Gasteiger partial charge on any atom is -0.462 e. The van der Waals surface area contributed by atoms with Crippen LogP contribution in [0, 0.1) is 5.92 Å². The summed E-state index contributed by atoms with van der Waals surface area (Å²) in [6, 6.07) is 0. The SMILES string of the molecule is CCOC(=O)c1conc1CC1CC1. The molecule has 14 heavy (non-hydrogen) atoms. The molecule has 0 aromatic carbocycles. The summed E-state index contributed by atoms with van der Waals surface area (Å²) in [4.78, 5) is 11.4. The highest BCUT2D eigenvalue weighted by molar-refractivity contribution is 5.90. The fourth-order valence-corrected chi connectivity index (χ4v) is 1.38. The van der Waals surface area contributed by atoms with E-state index in [2.05, 4.69) is 5.16 Å². The average molecular weight is 195 g/mol. The molecule has 76 valence electrons. The van der Waals surface area contributed by atoms with E-state index in [1.54, 1.807) is 6.92 Å². The first-order valence-electron chi connectivity index (χ1n) is 4.91. The van der Waals surface area contributed by atoms with Crippen LogP contribution in [0.15, 0.2) is 10.8 Å². The molecule has 1 aromatic rings. The number of aromatic nitrogens is 1. The van der Waals surface area contributed by atoms with Crippen molar-refractivity contribution in [2.75, 3.05) is 6.61 Å². The van der Waals surface area contributed by atoms with Crippen LogP contribution in [0.25, 0.3) is 0 Å². The Morgan fingerprint density at radius 1 is 1.71 bits per heavy atom. The van der Waals surface area contributed by atoms with Gasteiger partial charge in [0.05, 0.1) is 12.3 Å². The van der Waals surface area contributed by atoms with E-state index in [0.29, 0.717) is 18.1 Å². The predicted molar refractivity (Wildman–Crippen MR) is 48.9 cm³/mol. The first-order chi connectivity index (χ1) is 6.81. The number of carbonyl (C=O) groups excluding carboxylic acids is 1. The van der Waals surface area contributed by atoms with Gasteiger partial charge >= 0.3 is 5.97 Å². The third-order valence-corrected chi connectivity index (χ3v) is 2.32. The zero-order valence-corrected chi connectivity index (χ0v) is 8.16. The lowest BCUT2D eigenvalue weighted by molar-refractivity contribution is 0.0524. The zero-order chi connectivity index (χ0) is 9.97. The van der Waals surface area contributed by atoms with Crippen molar-refractivity contribution < 1.29 is 14.1 Å². The first-order valence-corrected chi connectivity index (χ1v) is 4.91. The van der Waals surface area contributed by atoms with Crippen molar-refractivity contribution in [3.8, 4) is 0 Å². The van der Waals surface area contributed by atoms with Crippen molar-refractivity contribution in [1.82, 2.24) is 5.16 Å². The molecule has 0 radical (unpaired) electrons. The highest BCUT2D eigenvalue weighted by atomic mass is 16.5. The molecular formula is C10H13NO3. The van der Waals surface area contributed by atoms with Gasteiger partial charge in [0, 0.05) is 0 Å². The van der Waals surface area contributed by atoms with Gasteiger partial charge in [-0.25, -0.2) is 4.79 Å². The fourth-order valence-electron chi connectivity index (χ4n) is 1.38. The Morgan fingerprint density at radius 2 is 2.50 bits per heavy atom. The van der Waals surface area contributed by atoms with Gasteiger partial charge in [0.15, 0.2) is 0 Å². The molecule has 0 amide bonds. The number of esters is 1. The molecule has 0 atom stereocenters. The quantitative estimate of drug-likeness (QED) is 0.687. The molecule has 4 nitrogen and oxygen atoms in total. The summed E-state index contributed by atoms with van der Waals surface area (Å²) in [5.41, 5.74) is 1.23. The number of hydrogen-bond donors (Lipinski definition) is 0. The van der Waals surface area contributed by atoms with Crippen LogP contribution in [0.2, 0.25) is 0 Å². The van der Waals surface area contributed by atoms with E-state index in [1.807, 2.05) is 0 Å². The van der Waals surface area contributed by atoms with Crippen molar-refractivity contribution in [2.24, 2.45) is 5.92 Å². The van der Waals surface area contributed by atoms with E-state index < -0.39 is 0 Å². The van der Waals surface area contributed by atoms with Gasteiger partial charge in [-0.3, -0.25) is 0 Å². The smallest absolute Gasteiger partial charge is 0.343 e. The molecule has 4 heteroatoms. The molecular weight excluding hydrogens is 182 g/mol. The Morgan fingerprint density at radius 3 is 3.14 bits per heavy atom. The van der Waals surface area contributed by atoms with Crippen LogP contribution in [0.5, 0.6) is 0 Å². The van der Waals surface area contributed by atoms with Gasteiger partial charge in [-0.2, -0.15) is 0 Å². The van der Waals surface area contributed by atoms with Crippen molar-refractivity contribution in [3.05, 3.63) is 17.5 Å². The molecule has 0 aliphatic heterocycles. The highest BCUT2D eigenvalue weighted by Gasteiger charge is 2.26. The lowest BCUT2D eigenvalue weighted by Crippen LogP contribution is -2.07. The molecule has 1 saturated carbocycles. The highest BCUT2D eigenvalue weighted by Crippen LogP contribution is 2.33. The topological polar surface area (TPSA) is 52.3 Å². The van der Waals surface area contributed by atoms with E-state index >= 15 is 0 Å². The normalized spacial score (nSPS) is 15.5. The van der Waals surface area contributed by atoms with Gasteiger partial charge in [-0.05, 0) is 32.1 Å². The minimum absolute atomic E-state index is 0.329. The van der Waals surface area contributed by atoms with Crippen molar-refractivity contribution in [1.29, 1.82) is 0 Å². The molecule has 0 unspecified atom stereocenters. The van der Waals surface area contributed by atoms with Crippen molar-refractivity contribution >= 4 is 5.97 Å². The summed E-state index contributed by atoms with van der Waals surface area (Å²) in [5, 5.41) is 3.82. The number of hydrogen-bond acceptors (Lipinski definition) is 4. The molecule has 0 bridgehead atoms. The average Bonchev–Trinajstić information content (AvgIpc) is 2.82. The molecule has 0 spiro atoms. The largest absolute Gasteiger partial charge is 0.462 e. The van der Waals surface area contributed by atoms with Crippen LogP contribution in [0.3, 0.4) is 0 Å².